The number of carbonyl (C=O) groups is 2. The van der Waals surface area contributed by atoms with Gasteiger partial charge < -0.3 is 10.1 Å². The number of nitrogens with zero attached hydrogens (tertiary/aromatic N) is 2. The molecule has 3 rings (SSSR count). The standard InChI is InChI=1S/C23H24FN3O3/c1-15-21(16(2)27(26-15)13-18-7-5-4-6-8-18)12-25-23(29)14-30-22-10-9-19(24)11-20(22)17(3)28/h4-11H,12-14H2,1-3H3,(H,25,29). The summed E-state index contributed by atoms with van der Waals surface area (Å²) in [6.07, 6.45) is 0. The van der Waals surface area contributed by atoms with Crippen molar-refractivity contribution in [1.82, 2.24) is 15.1 Å². The molecule has 7 heteroatoms. The number of halogens is 1. The molecule has 1 aromatic heterocycles. The molecular formula is C23H24FN3O3. The summed E-state index contributed by atoms with van der Waals surface area (Å²) >= 11 is 0. The van der Waals surface area contributed by atoms with Crippen molar-refractivity contribution in [1.29, 1.82) is 0 Å². The van der Waals surface area contributed by atoms with Crippen molar-refractivity contribution in [2.24, 2.45) is 0 Å². The summed E-state index contributed by atoms with van der Waals surface area (Å²) in [5.41, 5.74) is 4.03. The van der Waals surface area contributed by atoms with E-state index < -0.39 is 5.82 Å². The van der Waals surface area contributed by atoms with E-state index in [0.29, 0.717) is 13.1 Å². The summed E-state index contributed by atoms with van der Waals surface area (Å²) in [6, 6.07) is 13.7. The molecule has 0 radical (unpaired) electrons. The van der Waals surface area contributed by atoms with E-state index in [1.807, 2.05) is 48.9 Å². The summed E-state index contributed by atoms with van der Waals surface area (Å²) in [6.45, 7) is 5.89. The molecule has 156 valence electrons. The van der Waals surface area contributed by atoms with E-state index in [2.05, 4.69) is 10.4 Å². The summed E-state index contributed by atoms with van der Waals surface area (Å²) in [7, 11) is 0. The number of ketones is 1. The van der Waals surface area contributed by atoms with Crippen molar-refractivity contribution in [2.75, 3.05) is 6.61 Å². The zero-order chi connectivity index (χ0) is 21.7. The lowest BCUT2D eigenvalue weighted by atomic mass is 10.1. The van der Waals surface area contributed by atoms with Crippen LogP contribution in [0.2, 0.25) is 0 Å². The van der Waals surface area contributed by atoms with Crippen LogP contribution in [0.4, 0.5) is 4.39 Å². The molecule has 0 aliphatic rings. The maximum absolute atomic E-state index is 13.3. The van der Waals surface area contributed by atoms with Gasteiger partial charge in [-0.15, -0.1) is 0 Å². The molecule has 3 aromatic rings. The molecule has 0 fully saturated rings. The fourth-order valence-corrected chi connectivity index (χ4v) is 3.18. The Bertz CT molecular complexity index is 1060. The van der Waals surface area contributed by atoms with Gasteiger partial charge in [-0.1, -0.05) is 30.3 Å². The summed E-state index contributed by atoms with van der Waals surface area (Å²) in [5.74, 6) is -1.03. The Hall–Kier alpha value is -3.48. The van der Waals surface area contributed by atoms with Gasteiger partial charge in [0.2, 0.25) is 0 Å². The predicted octanol–water partition coefficient (Wildman–Crippen LogP) is 3.59. The molecule has 1 N–H and O–H groups in total. The molecule has 0 saturated carbocycles. The van der Waals surface area contributed by atoms with Crippen LogP contribution < -0.4 is 10.1 Å². The molecule has 0 saturated heterocycles. The number of hydrogen-bond donors (Lipinski definition) is 1. The second-order valence-corrected chi connectivity index (χ2v) is 7.05. The van der Waals surface area contributed by atoms with E-state index in [0.717, 1.165) is 28.6 Å². The van der Waals surface area contributed by atoms with Crippen LogP contribution >= 0.6 is 0 Å². The van der Waals surface area contributed by atoms with E-state index >= 15 is 0 Å². The van der Waals surface area contributed by atoms with Crippen molar-refractivity contribution in [3.63, 3.8) is 0 Å². The maximum Gasteiger partial charge on any atom is 0.258 e. The third-order valence-corrected chi connectivity index (χ3v) is 4.85. The number of carbonyl (C=O) groups excluding carboxylic acids is 2. The Morgan fingerprint density at radius 1 is 1.13 bits per heavy atom. The highest BCUT2D eigenvalue weighted by molar-refractivity contribution is 5.96. The van der Waals surface area contributed by atoms with E-state index in [4.69, 9.17) is 4.74 Å². The van der Waals surface area contributed by atoms with Crippen LogP contribution in [0.5, 0.6) is 5.75 Å². The average Bonchev–Trinajstić information content (AvgIpc) is 2.98. The zero-order valence-electron chi connectivity index (χ0n) is 17.2. The lowest BCUT2D eigenvalue weighted by Gasteiger charge is -2.11. The second-order valence-electron chi connectivity index (χ2n) is 7.05. The molecule has 1 amide bonds. The monoisotopic (exact) mass is 409 g/mol. The fourth-order valence-electron chi connectivity index (χ4n) is 3.18. The van der Waals surface area contributed by atoms with Crippen LogP contribution in [0.25, 0.3) is 0 Å². The summed E-state index contributed by atoms with van der Waals surface area (Å²) in [5, 5.41) is 7.39. The molecule has 2 aromatic carbocycles. The lowest BCUT2D eigenvalue weighted by molar-refractivity contribution is -0.123. The number of aromatic nitrogens is 2. The Morgan fingerprint density at radius 2 is 1.87 bits per heavy atom. The van der Waals surface area contributed by atoms with Crippen LogP contribution in [0.15, 0.2) is 48.5 Å². The largest absolute Gasteiger partial charge is 0.483 e. The molecule has 0 aliphatic carbocycles. The minimum Gasteiger partial charge on any atom is -0.483 e. The topological polar surface area (TPSA) is 73.2 Å². The molecule has 0 aliphatic heterocycles. The molecule has 1 heterocycles. The molecule has 0 unspecified atom stereocenters. The Kier molecular flexibility index (Phi) is 6.61. The van der Waals surface area contributed by atoms with Gasteiger partial charge in [0.25, 0.3) is 5.91 Å². The van der Waals surface area contributed by atoms with Gasteiger partial charge in [-0.2, -0.15) is 5.10 Å². The highest BCUT2D eigenvalue weighted by Gasteiger charge is 2.15. The molecule has 0 bridgehead atoms. The van der Waals surface area contributed by atoms with Crippen molar-refractivity contribution in [2.45, 2.75) is 33.9 Å². The number of Topliss-reactive ketones (excluding diaryl/α,β-unsaturated/α-hetero) is 1. The first-order chi connectivity index (χ1) is 14.3. The number of ether oxygens (including phenoxy) is 1. The fraction of sp³-hybridized carbons (Fsp3) is 0.261. The summed E-state index contributed by atoms with van der Waals surface area (Å²) in [4.78, 5) is 23.9. The van der Waals surface area contributed by atoms with Gasteiger partial charge >= 0.3 is 0 Å². The normalized spacial score (nSPS) is 10.7. The van der Waals surface area contributed by atoms with E-state index in [1.165, 1.54) is 19.1 Å². The van der Waals surface area contributed by atoms with Gasteiger partial charge in [0, 0.05) is 17.8 Å². The van der Waals surface area contributed by atoms with Crippen LogP contribution in [0, 0.1) is 19.7 Å². The zero-order valence-corrected chi connectivity index (χ0v) is 17.2. The molecule has 6 nitrogen and oxygen atoms in total. The molecule has 30 heavy (non-hydrogen) atoms. The number of amides is 1. The SMILES string of the molecule is CC(=O)c1cc(F)ccc1OCC(=O)NCc1c(C)nn(Cc2ccccc2)c1C. The lowest BCUT2D eigenvalue weighted by Crippen LogP contribution is -2.29. The van der Waals surface area contributed by atoms with Crippen molar-refractivity contribution in [3.8, 4) is 5.75 Å². The second kappa shape index (κ2) is 9.35. The van der Waals surface area contributed by atoms with Gasteiger partial charge in [-0.25, -0.2) is 4.39 Å². The van der Waals surface area contributed by atoms with Crippen molar-refractivity contribution >= 4 is 11.7 Å². The van der Waals surface area contributed by atoms with E-state index in [-0.39, 0.29) is 29.6 Å². The highest BCUT2D eigenvalue weighted by Crippen LogP contribution is 2.20. The highest BCUT2D eigenvalue weighted by atomic mass is 19.1. The van der Waals surface area contributed by atoms with Gasteiger partial charge in [0.1, 0.15) is 11.6 Å². The Balaban J connectivity index is 1.60. The van der Waals surface area contributed by atoms with Gasteiger partial charge in [0.15, 0.2) is 12.4 Å². The first kappa shape index (κ1) is 21.2. The van der Waals surface area contributed by atoms with Crippen LogP contribution in [-0.2, 0) is 17.9 Å². The minimum atomic E-state index is -0.532. The number of nitrogens with one attached hydrogen (secondary N) is 1. The maximum atomic E-state index is 13.3. The van der Waals surface area contributed by atoms with E-state index in [9.17, 15) is 14.0 Å². The van der Waals surface area contributed by atoms with Crippen LogP contribution in [0.3, 0.4) is 0 Å². The minimum absolute atomic E-state index is 0.108. The third kappa shape index (κ3) is 5.11. The Morgan fingerprint density at radius 3 is 2.57 bits per heavy atom. The number of hydrogen-bond acceptors (Lipinski definition) is 4. The van der Waals surface area contributed by atoms with Gasteiger partial charge in [-0.05, 0) is 44.5 Å². The molecule has 0 atom stereocenters. The first-order valence-corrected chi connectivity index (χ1v) is 9.62. The van der Waals surface area contributed by atoms with Crippen molar-refractivity contribution < 1.29 is 18.7 Å². The number of benzene rings is 2. The van der Waals surface area contributed by atoms with Crippen molar-refractivity contribution in [3.05, 3.63) is 82.4 Å². The third-order valence-electron chi connectivity index (χ3n) is 4.85. The number of aryl methyl sites for hydroxylation is 1. The smallest absolute Gasteiger partial charge is 0.258 e. The van der Waals surface area contributed by atoms with Crippen LogP contribution in [0.1, 0.15) is 39.8 Å². The van der Waals surface area contributed by atoms with Gasteiger partial charge in [-0.3, -0.25) is 14.3 Å². The molecular weight excluding hydrogens is 385 g/mol. The predicted molar refractivity (Wildman–Crippen MR) is 111 cm³/mol. The first-order valence-electron chi connectivity index (χ1n) is 9.62. The van der Waals surface area contributed by atoms with Crippen LogP contribution in [-0.4, -0.2) is 28.1 Å². The van der Waals surface area contributed by atoms with E-state index in [1.54, 1.807) is 0 Å². The average molecular weight is 409 g/mol. The summed E-state index contributed by atoms with van der Waals surface area (Å²) < 4.78 is 20.7. The Labute approximate surface area is 174 Å². The quantitative estimate of drug-likeness (QED) is 0.577. The van der Waals surface area contributed by atoms with Gasteiger partial charge in [0.05, 0.1) is 17.8 Å². The number of rotatable bonds is 8. The molecule has 0 spiro atoms.